The Bertz CT molecular complexity index is 463. The summed E-state index contributed by atoms with van der Waals surface area (Å²) >= 11 is 0. The molecule has 0 heterocycles. The van der Waals surface area contributed by atoms with Crippen molar-refractivity contribution in [1.29, 1.82) is 0 Å². The Morgan fingerprint density at radius 1 is 1.15 bits per heavy atom. The number of carboxylic acid groups (broad SMARTS) is 1. The highest BCUT2D eigenvalue weighted by molar-refractivity contribution is 5.91. The van der Waals surface area contributed by atoms with Crippen LogP contribution < -0.4 is 5.32 Å². The van der Waals surface area contributed by atoms with E-state index in [4.69, 9.17) is 5.11 Å². The number of carboxylic acids is 1. The zero-order chi connectivity index (χ0) is 15.2. The molecule has 2 N–H and O–H groups in total. The van der Waals surface area contributed by atoms with Gasteiger partial charge in [0.25, 0.3) is 0 Å². The lowest BCUT2D eigenvalue weighted by molar-refractivity contribution is -0.139. The van der Waals surface area contributed by atoms with E-state index in [0.29, 0.717) is 0 Å². The van der Waals surface area contributed by atoms with Gasteiger partial charge >= 0.3 is 5.97 Å². The predicted molar refractivity (Wildman–Crippen MR) is 79.7 cm³/mol. The third-order valence-corrected chi connectivity index (χ3v) is 3.05. The van der Waals surface area contributed by atoms with Gasteiger partial charge in [0, 0.05) is 12.1 Å². The first-order valence-corrected chi connectivity index (χ1v) is 6.93. The van der Waals surface area contributed by atoms with E-state index in [-0.39, 0.29) is 18.7 Å². The molecule has 0 saturated carbocycles. The van der Waals surface area contributed by atoms with E-state index in [1.165, 1.54) is 5.56 Å². The number of carbonyl (C=O) groups excluding carboxylic acids is 1. The summed E-state index contributed by atoms with van der Waals surface area (Å²) in [6.07, 6.45) is 2.29. The number of aryl methyl sites for hydroxylation is 1. The van der Waals surface area contributed by atoms with Crippen molar-refractivity contribution in [3.05, 3.63) is 29.8 Å². The highest BCUT2D eigenvalue weighted by Crippen LogP contribution is 2.25. The number of benzene rings is 1. The van der Waals surface area contributed by atoms with Crippen LogP contribution in [0.2, 0.25) is 0 Å². The van der Waals surface area contributed by atoms with Crippen LogP contribution in [-0.4, -0.2) is 17.0 Å². The number of rotatable bonds is 7. The van der Waals surface area contributed by atoms with Crippen LogP contribution in [0.25, 0.3) is 0 Å². The maximum absolute atomic E-state index is 11.9. The molecule has 0 unspecified atom stereocenters. The minimum absolute atomic E-state index is 0.0180. The van der Waals surface area contributed by atoms with Crippen LogP contribution in [-0.2, 0) is 16.0 Å². The zero-order valence-corrected chi connectivity index (χ0v) is 12.4. The van der Waals surface area contributed by atoms with Gasteiger partial charge in [-0.05, 0) is 29.5 Å². The van der Waals surface area contributed by atoms with Crippen LogP contribution in [0, 0.1) is 5.41 Å². The van der Waals surface area contributed by atoms with Crippen LogP contribution in [0.3, 0.4) is 0 Å². The minimum Gasteiger partial charge on any atom is -0.481 e. The Balaban J connectivity index is 2.55. The lowest BCUT2D eigenvalue weighted by Crippen LogP contribution is -2.24. The van der Waals surface area contributed by atoms with E-state index >= 15 is 0 Å². The molecule has 0 aromatic heterocycles. The maximum atomic E-state index is 11.9. The van der Waals surface area contributed by atoms with Gasteiger partial charge in [-0.25, -0.2) is 0 Å². The highest BCUT2D eigenvalue weighted by Gasteiger charge is 2.25. The van der Waals surface area contributed by atoms with Gasteiger partial charge in [-0.3, -0.25) is 9.59 Å². The van der Waals surface area contributed by atoms with E-state index in [1.807, 2.05) is 24.3 Å². The molecule has 1 aromatic rings. The predicted octanol–water partition coefficient (Wildman–Crippen LogP) is 3.47. The van der Waals surface area contributed by atoms with Gasteiger partial charge in [0.2, 0.25) is 5.91 Å². The number of hydrogen-bond donors (Lipinski definition) is 2. The third kappa shape index (κ3) is 5.87. The van der Waals surface area contributed by atoms with Crippen molar-refractivity contribution in [2.24, 2.45) is 5.41 Å². The van der Waals surface area contributed by atoms with Crippen molar-refractivity contribution in [3.8, 4) is 0 Å². The van der Waals surface area contributed by atoms with Crippen LogP contribution in [0.5, 0.6) is 0 Å². The number of nitrogens with one attached hydrogen (secondary N) is 1. The van der Waals surface area contributed by atoms with Crippen molar-refractivity contribution in [3.63, 3.8) is 0 Å². The molecule has 0 aliphatic rings. The Kier molecular flexibility index (Phi) is 5.74. The Labute approximate surface area is 120 Å². The summed E-state index contributed by atoms with van der Waals surface area (Å²) in [6.45, 7) is 5.69. The molecule has 20 heavy (non-hydrogen) atoms. The van der Waals surface area contributed by atoms with Crippen LogP contribution in [0.1, 0.15) is 45.6 Å². The monoisotopic (exact) mass is 277 g/mol. The van der Waals surface area contributed by atoms with Crippen LogP contribution in [0.15, 0.2) is 24.3 Å². The molecular weight excluding hydrogens is 254 g/mol. The van der Waals surface area contributed by atoms with Gasteiger partial charge in [0.05, 0.1) is 6.42 Å². The summed E-state index contributed by atoms with van der Waals surface area (Å²) in [4.78, 5) is 22.6. The first-order chi connectivity index (χ1) is 9.32. The highest BCUT2D eigenvalue weighted by atomic mass is 16.4. The standard InChI is InChI=1S/C16H23NO3/c1-4-5-12-6-8-13(9-7-12)17-14(18)10-16(2,3)11-15(19)20/h6-9H,4-5,10-11H2,1-3H3,(H,17,18)(H,19,20). The molecule has 0 spiro atoms. The van der Waals surface area contributed by atoms with Crippen molar-refractivity contribution in [1.82, 2.24) is 0 Å². The number of anilines is 1. The Morgan fingerprint density at radius 3 is 2.25 bits per heavy atom. The van der Waals surface area contributed by atoms with Crippen LogP contribution >= 0.6 is 0 Å². The molecule has 0 aliphatic carbocycles. The molecule has 1 amide bonds. The summed E-state index contributed by atoms with van der Waals surface area (Å²) in [6, 6.07) is 7.77. The fraction of sp³-hybridized carbons (Fsp3) is 0.500. The normalized spacial score (nSPS) is 11.2. The molecule has 0 radical (unpaired) electrons. The summed E-state index contributed by atoms with van der Waals surface area (Å²) in [7, 11) is 0. The van der Waals surface area contributed by atoms with Crippen molar-refractivity contribution >= 4 is 17.6 Å². The Hall–Kier alpha value is -1.84. The second kappa shape index (κ2) is 7.08. The quantitative estimate of drug-likeness (QED) is 0.802. The SMILES string of the molecule is CCCc1ccc(NC(=O)CC(C)(C)CC(=O)O)cc1. The van der Waals surface area contributed by atoms with Gasteiger partial charge in [-0.1, -0.05) is 39.3 Å². The molecule has 0 saturated heterocycles. The number of aliphatic carboxylic acids is 1. The molecule has 0 aliphatic heterocycles. The smallest absolute Gasteiger partial charge is 0.303 e. The molecular formula is C16H23NO3. The van der Waals surface area contributed by atoms with E-state index in [2.05, 4.69) is 12.2 Å². The van der Waals surface area contributed by atoms with Crippen molar-refractivity contribution in [2.75, 3.05) is 5.32 Å². The fourth-order valence-electron chi connectivity index (χ4n) is 2.16. The van der Waals surface area contributed by atoms with E-state index in [1.54, 1.807) is 13.8 Å². The van der Waals surface area contributed by atoms with Gasteiger partial charge < -0.3 is 10.4 Å². The average molecular weight is 277 g/mol. The molecule has 110 valence electrons. The number of carbonyl (C=O) groups is 2. The van der Waals surface area contributed by atoms with Gasteiger partial charge in [0.1, 0.15) is 0 Å². The summed E-state index contributed by atoms with van der Waals surface area (Å²) in [5.74, 6) is -1.04. The summed E-state index contributed by atoms with van der Waals surface area (Å²) in [5.41, 5.74) is 1.45. The first kappa shape index (κ1) is 16.2. The van der Waals surface area contributed by atoms with E-state index in [0.717, 1.165) is 18.5 Å². The molecule has 1 aromatic carbocycles. The van der Waals surface area contributed by atoms with Crippen molar-refractivity contribution in [2.45, 2.75) is 46.5 Å². The van der Waals surface area contributed by atoms with E-state index in [9.17, 15) is 9.59 Å². The largest absolute Gasteiger partial charge is 0.481 e. The van der Waals surface area contributed by atoms with Gasteiger partial charge in [0.15, 0.2) is 0 Å². The maximum Gasteiger partial charge on any atom is 0.303 e. The molecule has 0 atom stereocenters. The zero-order valence-electron chi connectivity index (χ0n) is 12.4. The molecule has 0 fully saturated rings. The summed E-state index contributed by atoms with van der Waals surface area (Å²) in [5, 5.41) is 11.6. The second-order valence-corrected chi connectivity index (χ2v) is 5.91. The molecule has 1 rings (SSSR count). The summed E-state index contributed by atoms with van der Waals surface area (Å²) < 4.78 is 0. The second-order valence-electron chi connectivity index (χ2n) is 5.91. The first-order valence-electron chi connectivity index (χ1n) is 6.93. The average Bonchev–Trinajstić information content (AvgIpc) is 2.29. The number of amides is 1. The van der Waals surface area contributed by atoms with E-state index < -0.39 is 11.4 Å². The van der Waals surface area contributed by atoms with Gasteiger partial charge in [-0.15, -0.1) is 0 Å². The molecule has 4 nitrogen and oxygen atoms in total. The van der Waals surface area contributed by atoms with Gasteiger partial charge in [-0.2, -0.15) is 0 Å². The van der Waals surface area contributed by atoms with Crippen LogP contribution in [0.4, 0.5) is 5.69 Å². The Morgan fingerprint density at radius 2 is 1.75 bits per heavy atom. The topological polar surface area (TPSA) is 66.4 Å². The third-order valence-electron chi connectivity index (χ3n) is 3.05. The molecule has 4 heteroatoms. The number of hydrogen-bond acceptors (Lipinski definition) is 2. The lowest BCUT2D eigenvalue weighted by atomic mass is 9.85. The molecule has 0 bridgehead atoms. The van der Waals surface area contributed by atoms with Crippen molar-refractivity contribution < 1.29 is 14.7 Å². The minimum atomic E-state index is -0.883. The fourth-order valence-corrected chi connectivity index (χ4v) is 2.16. The lowest BCUT2D eigenvalue weighted by Gasteiger charge is -2.21.